The largest absolute Gasteiger partial charge is 0.465 e. The molecule has 206 valence electrons. The lowest BCUT2D eigenvalue weighted by atomic mass is 9.96. The molecular formula is C27H24F2N6O5. The van der Waals surface area contributed by atoms with Crippen LogP contribution in [0.15, 0.2) is 65.5 Å². The zero-order valence-electron chi connectivity index (χ0n) is 21.3. The first-order valence-electron chi connectivity index (χ1n) is 12.3. The van der Waals surface area contributed by atoms with E-state index in [9.17, 15) is 28.5 Å². The average molecular weight is 551 g/mol. The van der Waals surface area contributed by atoms with Crippen LogP contribution in [0.25, 0.3) is 11.0 Å². The van der Waals surface area contributed by atoms with Gasteiger partial charge in [-0.1, -0.05) is 24.3 Å². The monoisotopic (exact) mass is 550 g/mol. The fourth-order valence-electron chi connectivity index (χ4n) is 5.13. The quantitative estimate of drug-likeness (QED) is 0.271. The van der Waals surface area contributed by atoms with E-state index in [0.29, 0.717) is 18.6 Å². The Hall–Kier alpha value is -4.91. The molecule has 2 aromatic carbocycles. The molecule has 0 radical (unpaired) electrons. The average Bonchev–Trinajstić information content (AvgIpc) is 2.92. The Kier molecular flexibility index (Phi) is 7.13. The van der Waals surface area contributed by atoms with E-state index in [4.69, 9.17) is 5.11 Å². The fraction of sp³-hybridized carbons (Fsp3) is 0.222. The molecule has 0 bridgehead atoms. The van der Waals surface area contributed by atoms with Gasteiger partial charge < -0.3 is 14.6 Å². The molecule has 2 aromatic heterocycles. The number of aromatic nitrogens is 2. The Labute approximate surface area is 226 Å². The van der Waals surface area contributed by atoms with Crippen molar-refractivity contribution in [3.63, 3.8) is 0 Å². The first-order chi connectivity index (χ1) is 19.1. The molecule has 2 N–H and O–H groups in total. The van der Waals surface area contributed by atoms with Crippen molar-refractivity contribution in [1.82, 2.24) is 14.5 Å². The summed E-state index contributed by atoms with van der Waals surface area (Å²) in [5.74, 6) is -0.818. The lowest BCUT2D eigenvalue weighted by Crippen LogP contribution is -2.48. The molecule has 5 rings (SSSR count). The molecule has 3 heterocycles. The van der Waals surface area contributed by atoms with E-state index < -0.39 is 22.3 Å². The molecule has 0 unspecified atom stereocenters. The number of hydrogen-bond acceptors (Lipinski definition) is 7. The van der Waals surface area contributed by atoms with Crippen LogP contribution >= 0.6 is 0 Å². The van der Waals surface area contributed by atoms with Gasteiger partial charge in [0.15, 0.2) is 5.69 Å². The van der Waals surface area contributed by atoms with E-state index in [1.807, 2.05) is 0 Å². The summed E-state index contributed by atoms with van der Waals surface area (Å²) in [6.07, 6.45) is -1.35. The minimum absolute atomic E-state index is 0.0110. The van der Waals surface area contributed by atoms with Gasteiger partial charge in [0.1, 0.15) is 23.0 Å². The number of nitro groups is 1. The van der Waals surface area contributed by atoms with Gasteiger partial charge >= 0.3 is 17.3 Å². The SMILES string of the molecule is Cn1c(=O)c([N+](=O)[O-])c(N2CCN(C(c3ccc(F)cc3)c3ccc(F)cc3)CC2)c2nc(NC(=O)O)ccc21. The topological polar surface area (TPSA) is 134 Å². The van der Waals surface area contributed by atoms with Crippen molar-refractivity contribution >= 4 is 34.3 Å². The first kappa shape index (κ1) is 26.7. The van der Waals surface area contributed by atoms with Crippen molar-refractivity contribution in [2.75, 3.05) is 36.4 Å². The number of rotatable bonds is 6. The van der Waals surface area contributed by atoms with Gasteiger partial charge in [-0.3, -0.25) is 25.1 Å². The molecule has 1 amide bonds. The molecule has 1 aliphatic rings. The molecule has 40 heavy (non-hydrogen) atoms. The molecule has 1 saturated heterocycles. The summed E-state index contributed by atoms with van der Waals surface area (Å²) in [5, 5.41) is 23.4. The van der Waals surface area contributed by atoms with E-state index in [-0.39, 0.29) is 47.8 Å². The predicted octanol–water partition coefficient (Wildman–Crippen LogP) is 4.12. The number of carbonyl (C=O) groups is 1. The van der Waals surface area contributed by atoms with Crippen molar-refractivity contribution < 1.29 is 23.6 Å². The van der Waals surface area contributed by atoms with Crippen LogP contribution in [0.3, 0.4) is 0 Å². The second kappa shape index (κ2) is 10.7. The summed E-state index contributed by atoms with van der Waals surface area (Å²) in [6, 6.07) is 14.6. The van der Waals surface area contributed by atoms with E-state index in [1.54, 1.807) is 29.2 Å². The lowest BCUT2D eigenvalue weighted by Gasteiger charge is -2.40. The minimum atomic E-state index is -1.35. The van der Waals surface area contributed by atoms with Crippen LogP contribution < -0.4 is 15.8 Å². The van der Waals surface area contributed by atoms with Crippen molar-refractivity contribution in [3.05, 3.63) is 104 Å². The number of nitrogens with zero attached hydrogens (tertiary/aromatic N) is 5. The smallest absolute Gasteiger partial charge is 0.410 e. The number of pyridine rings is 2. The van der Waals surface area contributed by atoms with Crippen molar-refractivity contribution in [3.8, 4) is 0 Å². The van der Waals surface area contributed by atoms with Gasteiger partial charge in [0, 0.05) is 33.2 Å². The predicted molar refractivity (Wildman–Crippen MR) is 144 cm³/mol. The Balaban J connectivity index is 1.54. The molecule has 1 fully saturated rings. The maximum Gasteiger partial charge on any atom is 0.410 e. The molecule has 1 aliphatic heterocycles. The Morgan fingerprint density at radius 2 is 1.52 bits per heavy atom. The van der Waals surface area contributed by atoms with Gasteiger partial charge in [0.2, 0.25) is 0 Å². The summed E-state index contributed by atoms with van der Waals surface area (Å²) in [4.78, 5) is 43.7. The third-order valence-corrected chi connectivity index (χ3v) is 6.98. The van der Waals surface area contributed by atoms with Crippen LogP contribution in [-0.2, 0) is 7.05 Å². The Bertz CT molecular complexity index is 1610. The second-order valence-corrected chi connectivity index (χ2v) is 9.34. The number of hydrogen-bond donors (Lipinski definition) is 2. The van der Waals surface area contributed by atoms with Crippen LogP contribution in [0.5, 0.6) is 0 Å². The maximum absolute atomic E-state index is 13.7. The molecule has 13 heteroatoms. The van der Waals surface area contributed by atoms with E-state index in [1.165, 1.54) is 43.4 Å². The van der Waals surface area contributed by atoms with E-state index >= 15 is 0 Å². The molecule has 4 aromatic rings. The summed E-state index contributed by atoms with van der Waals surface area (Å²) in [5.41, 5.74) is 0.539. The molecule has 0 saturated carbocycles. The molecule has 11 nitrogen and oxygen atoms in total. The van der Waals surface area contributed by atoms with Crippen molar-refractivity contribution in [2.45, 2.75) is 6.04 Å². The van der Waals surface area contributed by atoms with Gasteiger partial charge in [-0.05, 0) is 47.5 Å². The number of fused-ring (bicyclic) bond motifs is 1. The highest BCUT2D eigenvalue weighted by atomic mass is 19.1. The van der Waals surface area contributed by atoms with Gasteiger partial charge in [-0.15, -0.1) is 0 Å². The highest BCUT2D eigenvalue weighted by Crippen LogP contribution is 2.36. The number of carboxylic acid groups (broad SMARTS) is 1. The van der Waals surface area contributed by atoms with Crippen LogP contribution in [0, 0.1) is 21.7 Å². The van der Waals surface area contributed by atoms with Gasteiger partial charge in [-0.25, -0.2) is 18.6 Å². The van der Waals surface area contributed by atoms with Gasteiger partial charge in [-0.2, -0.15) is 0 Å². The van der Waals surface area contributed by atoms with Gasteiger partial charge in [0.05, 0.1) is 16.5 Å². The summed E-state index contributed by atoms with van der Waals surface area (Å²) >= 11 is 0. The number of piperazine rings is 1. The molecular weight excluding hydrogens is 526 g/mol. The zero-order valence-corrected chi connectivity index (χ0v) is 21.3. The lowest BCUT2D eigenvalue weighted by molar-refractivity contribution is -0.385. The number of halogens is 2. The third-order valence-electron chi connectivity index (χ3n) is 6.98. The number of anilines is 2. The number of amides is 1. The number of aryl methyl sites for hydroxylation is 1. The summed E-state index contributed by atoms with van der Waals surface area (Å²) < 4.78 is 28.5. The number of nitrogens with one attached hydrogen (secondary N) is 1. The van der Waals surface area contributed by atoms with E-state index in [2.05, 4.69) is 15.2 Å². The summed E-state index contributed by atoms with van der Waals surface area (Å²) in [6.45, 7) is 1.31. The minimum Gasteiger partial charge on any atom is -0.465 e. The van der Waals surface area contributed by atoms with Crippen LogP contribution in [-0.4, -0.2) is 56.8 Å². The first-order valence-corrected chi connectivity index (χ1v) is 12.3. The third kappa shape index (κ3) is 5.06. The highest BCUT2D eigenvalue weighted by molar-refractivity contribution is 5.95. The standard InChI is InChI=1S/C27H24F2N6O5/c1-32-20-10-11-21(31-27(37)38)30-22(20)24(25(26(32)36)35(39)40)34-14-12-33(13-15-34)23(16-2-6-18(28)7-3-16)17-4-8-19(29)9-5-17/h2-11,23H,12-15H2,1H3,(H,30,31)(H,37,38). The Morgan fingerprint density at radius 1 is 0.975 bits per heavy atom. The second-order valence-electron chi connectivity index (χ2n) is 9.34. The normalized spacial score (nSPS) is 14.1. The van der Waals surface area contributed by atoms with Crippen LogP contribution in [0.2, 0.25) is 0 Å². The molecule has 0 atom stereocenters. The maximum atomic E-state index is 13.7. The van der Waals surface area contributed by atoms with Crippen LogP contribution in [0.4, 0.5) is 30.8 Å². The molecule has 0 aliphatic carbocycles. The highest BCUT2D eigenvalue weighted by Gasteiger charge is 2.34. The zero-order chi connectivity index (χ0) is 28.6. The fourth-order valence-corrected chi connectivity index (χ4v) is 5.13. The number of benzene rings is 2. The van der Waals surface area contributed by atoms with Gasteiger partial charge in [0.25, 0.3) is 0 Å². The van der Waals surface area contributed by atoms with Crippen molar-refractivity contribution in [2.24, 2.45) is 7.05 Å². The van der Waals surface area contributed by atoms with E-state index in [0.717, 1.165) is 15.7 Å². The van der Waals surface area contributed by atoms with Crippen LogP contribution in [0.1, 0.15) is 17.2 Å². The molecule has 0 spiro atoms. The Morgan fingerprint density at radius 3 is 2.02 bits per heavy atom. The van der Waals surface area contributed by atoms with Crippen molar-refractivity contribution in [1.29, 1.82) is 0 Å². The summed E-state index contributed by atoms with van der Waals surface area (Å²) in [7, 11) is 1.39.